The average molecular weight is 661 g/mol. The molecular weight excluding hydrogens is 626 g/mol. The SMILES string of the molecule is O=C(Nc1n[nH]c2ccc(C(CF)c3cc(F)ccc3F)cc12)c1ccc(N2CCN(CC(F)(F)F)CC2)cc1NC1CCOCC1. The van der Waals surface area contributed by atoms with Gasteiger partial charge in [0.25, 0.3) is 5.91 Å². The van der Waals surface area contributed by atoms with Crippen molar-refractivity contribution in [3.63, 3.8) is 0 Å². The lowest BCUT2D eigenvalue weighted by Crippen LogP contribution is -2.49. The van der Waals surface area contributed by atoms with Gasteiger partial charge < -0.3 is 20.3 Å². The van der Waals surface area contributed by atoms with E-state index in [1.807, 2.05) is 11.0 Å². The van der Waals surface area contributed by atoms with Gasteiger partial charge in [0.2, 0.25) is 0 Å². The zero-order valence-electron chi connectivity index (χ0n) is 25.3. The lowest BCUT2D eigenvalue weighted by molar-refractivity contribution is -0.146. The van der Waals surface area contributed by atoms with Crippen LogP contribution in [0.1, 0.15) is 40.2 Å². The number of ether oxygens (including phenoxy) is 1. The summed E-state index contributed by atoms with van der Waals surface area (Å²) in [6, 6.07) is 13.0. The minimum Gasteiger partial charge on any atom is -0.381 e. The molecule has 3 heterocycles. The Bertz CT molecular complexity index is 1720. The number of carbonyl (C=O) groups is 1. The van der Waals surface area contributed by atoms with E-state index in [0.29, 0.717) is 54.0 Å². The Morgan fingerprint density at radius 2 is 1.77 bits per heavy atom. The molecule has 0 bridgehead atoms. The van der Waals surface area contributed by atoms with Crippen LogP contribution in [0.5, 0.6) is 0 Å². The number of aromatic amines is 1. The van der Waals surface area contributed by atoms with Crippen molar-refractivity contribution in [1.29, 1.82) is 0 Å². The normalized spacial score (nSPS) is 17.2. The molecule has 4 aromatic rings. The Morgan fingerprint density at radius 3 is 2.49 bits per heavy atom. The van der Waals surface area contributed by atoms with Crippen molar-refractivity contribution >= 4 is 34.0 Å². The summed E-state index contributed by atoms with van der Waals surface area (Å²) in [6.07, 6.45) is -2.79. The Balaban J connectivity index is 1.25. The van der Waals surface area contributed by atoms with E-state index in [9.17, 15) is 31.1 Å². The quantitative estimate of drug-likeness (QED) is 0.179. The van der Waals surface area contributed by atoms with Crippen molar-refractivity contribution in [2.24, 2.45) is 0 Å². The fourth-order valence-electron chi connectivity index (χ4n) is 6.18. The molecule has 47 heavy (non-hydrogen) atoms. The van der Waals surface area contributed by atoms with Crippen LogP contribution >= 0.6 is 0 Å². The number of fused-ring (bicyclic) bond motifs is 1. The predicted molar refractivity (Wildman–Crippen MR) is 167 cm³/mol. The van der Waals surface area contributed by atoms with Crippen LogP contribution in [0.2, 0.25) is 0 Å². The zero-order valence-corrected chi connectivity index (χ0v) is 25.3. The summed E-state index contributed by atoms with van der Waals surface area (Å²) in [4.78, 5) is 17.1. The van der Waals surface area contributed by atoms with Gasteiger partial charge in [0.1, 0.15) is 18.3 Å². The molecular formula is C33H34F6N6O2. The first-order valence-electron chi connectivity index (χ1n) is 15.4. The minimum absolute atomic E-state index is 0.0452. The topological polar surface area (TPSA) is 85.5 Å². The van der Waals surface area contributed by atoms with Gasteiger partial charge in [0.15, 0.2) is 5.82 Å². The molecule has 0 spiro atoms. The number of benzene rings is 3. The van der Waals surface area contributed by atoms with E-state index in [0.717, 1.165) is 36.7 Å². The molecule has 8 nitrogen and oxygen atoms in total. The molecule has 1 unspecified atom stereocenters. The number of rotatable bonds is 9. The van der Waals surface area contributed by atoms with Crippen LogP contribution in [0.4, 0.5) is 43.5 Å². The molecule has 3 aromatic carbocycles. The highest BCUT2D eigenvalue weighted by atomic mass is 19.4. The number of hydrogen-bond acceptors (Lipinski definition) is 6. The Morgan fingerprint density at radius 1 is 1.00 bits per heavy atom. The summed E-state index contributed by atoms with van der Waals surface area (Å²) in [7, 11) is 0. The number of alkyl halides is 4. The van der Waals surface area contributed by atoms with Crippen molar-refractivity contribution in [3.05, 3.63) is 82.9 Å². The molecule has 14 heteroatoms. The second-order valence-electron chi connectivity index (χ2n) is 11.8. The van der Waals surface area contributed by atoms with E-state index < -0.39 is 42.9 Å². The third-order valence-electron chi connectivity index (χ3n) is 8.68. The number of anilines is 3. The van der Waals surface area contributed by atoms with Crippen molar-refractivity contribution in [2.45, 2.75) is 31.0 Å². The summed E-state index contributed by atoms with van der Waals surface area (Å²) in [5.41, 5.74) is 2.46. The molecule has 1 amide bonds. The van der Waals surface area contributed by atoms with E-state index in [2.05, 4.69) is 20.8 Å². The number of nitrogens with zero attached hydrogens (tertiary/aromatic N) is 3. The molecule has 3 N–H and O–H groups in total. The molecule has 1 atom stereocenters. The van der Waals surface area contributed by atoms with Crippen molar-refractivity contribution in [1.82, 2.24) is 15.1 Å². The lowest BCUT2D eigenvalue weighted by atomic mass is 9.91. The van der Waals surface area contributed by atoms with Crippen LogP contribution in [-0.4, -0.2) is 85.8 Å². The van der Waals surface area contributed by atoms with E-state index in [-0.39, 0.29) is 30.5 Å². The minimum atomic E-state index is -4.26. The van der Waals surface area contributed by atoms with Crippen LogP contribution in [0, 0.1) is 11.6 Å². The molecule has 1 aromatic heterocycles. The van der Waals surface area contributed by atoms with Gasteiger partial charge >= 0.3 is 6.18 Å². The average Bonchev–Trinajstić information content (AvgIpc) is 3.45. The number of hydrogen-bond donors (Lipinski definition) is 3. The zero-order chi connectivity index (χ0) is 33.1. The molecule has 2 aliphatic heterocycles. The van der Waals surface area contributed by atoms with Crippen LogP contribution in [0.3, 0.4) is 0 Å². The van der Waals surface area contributed by atoms with Crippen molar-refractivity contribution in [2.75, 3.05) is 68.1 Å². The third-order valence-corrected chi connectivity index (χ3v) is 8.68. The predicted octanol–water partition coefficient (Wildman–Crippen LogP) is 6.47. The number of halogens is 6. The van der Waals surface area contributed by atoms with Gasteiger partial charge in [-0.1, -0.05) is 6.07 Å². The van der Waals surface area contributed by atoms with Crippen molar-refractivity contribution in [3.8, 4) is 0 Å². The van der Waals surface area contributed by atoms with E-state index in [1.54, 1.807) is 30.3 Å². The number of carbonyl (C=O) groups excluding carboxylic acids is 1. The highest BCUT2D eigenvalue weighted by Crippen LogP contribution is 2.33. The summed E-state index contributed by atoms with van der Waals surface area (Å²) >= 11 is 0. The highest BCUT2D eigenvalue weighted by Gasteiger charge is 2.32. The monoisotopic (exact) mass is 660 g/mol. The van der Waals surface area contributed by atoms with Crippen LogP contribution in [0.15, 0.2) is 54.6 Å². The Kier molecular flexibility index (Phi) is 9.60. The number of nitrogens with one attached hydrogen (secondary N) is 3. The molecule has 2 aliphatic rings. The Hall–Kier alpha value is -4.30. The largest absolute Gasteiger partial charge is 0.401 e. The fraction of sp³-hybridized carbons (Fsp3) is 0.394. The van der Waals surface area contributed by atoms with Gasteiger partial charge in [-0.2, -0.15) is 18.3 Å². The smallest absolute Gasteiger partial charge is 0.381 e. The van der Waals surface area contributed by atoms with E-state index >= 15 is 0 Å². The summed E-state index contributed by atoms with van der Waals surface area (Å²) < 4.78 is 86.8. The maximum absolute atomic E-state index is 14.5. The number of H-pyrrole nitrogens is 1. The standard InChI is InChI=1S/C33H34F6N6O2/c34-18-27(25-16-21(35)2-5-28(25)36)20-1-6-29-26(15-20)31(43-42-29)41-32(46)24-4-3-23(17-30(24)40-22-7-13-47-14-8-22)45-11-9-44(10-12-45)19-33(37,38)39/h1-6,15-17,22,27,40H,7-14,18-19H2,(H2,41,42,43,46). The van der Waals surface area contributed by atoms with Crippen LogP contribution in [-0.2, 0) is 4.74 Å². The summed E-state index contributed by atoms with van der Waals surface area (Å²) in [5, 5.41) is 13.8. The number of amides is 1. The lowest BCUT2D eigenvalue weighted by Gasteiger charge is -2.36. The number of aromatic nitrogens is 2. The van der Waals surface area contributed by atoms with Gasteiger partial charge in [0, 0.05) is 73.7 Å². The van der Waals surface area contributed by atoms with Gasteiger partial charge in [-0.3, -0.25) is 19.2 Å². The van der Waals surface area contributed by atoms with Crippen LogP contribution in [0.25, 0.3) is 10.9 Å². The van der Waals surface area contributed by atoms with Gasteiger partial charge in [-0.15, -0.1) is 0 Å². The van der Waals surface area contributed by atoms with E-state index in [4.69, 9.17) is 4.74 Å². The van der Waals surface area contributed by atoms with Crippen molar-refractivity contribution < 1.29 is 35.9 Å². The van der Waals surface area contributed by atoms with E-state index in [1.165, 1.54) is 4.90 Å². The molecule has 0 saturated carbocycles. The second kappa shape index (κ2) is 13.8. The summed E-state index contributed by atoms with van der Waals surface area (Å²) in [5.74, 6) is -2.79. The Labute approximate surface area is 267 Å². The van der Waals surface area contributed by atoms with Crippen LogP contribution < -0.4 is 15.5 Å². The summed E-state index contributed by atoms with van der Waals surface area (Å²) in [6.45, 7) is 0.536. The first kappa shape index (κ1) is 32.6. The van der Waals surface area contributed by atoms with Gasteiger partial charge in [-0.25, -0.2) is 8.78 Å². The fourth-order valence-corrected chi connectivity index (χ4v) is 6.18. The van der Waals surface area contributed by atoms with Gasteiger partial charge in [0.05, 0.1) is 17.6 Å². The molecule has 2 saturated heterocycles. The molecule has 0 radical (unpaired) electrons. The first-order chi connectivity index (χ1) is 22.6. The molecule has 0 aliphatic carbocycles. The second-order valence-corrected chi connectivity index (χ2v) is 11.8. The highest BCUT2D eigenvalue weighted by molar-refractivity contribution is 6.11. The molecule has 250 valence electrons. The maximum atomic E-state index is 14.5. The number of piperazine rings is 1. The molecule has 2 fully saturated rings. The maximum Gasteiger partial charge on any atom is 0.401 e. The van der Waals surface area contributed by atoms with Gasteiger partial charge in [-0.05, 0) is 66.9 Å². The first-order valence-corrected chi connectivity index (χ1v) is 15.4. The molecule has 6 rings (SSSR count). The third kappa shape index (κ3) is 7.65.